The van der Waals surface area contributed by atoms with Crippen LogP contribution >= 0.6 is 0 Å². The van der Waals surface area contributed by atoms with E-state index in [9.17, 15) is 53.1 Å². The van der Waals surface area contributed by atoms with Gasteiger partial charge in [-0.3, -0.25) is 43.2 Å². The first kappa shape index (κ1) is 64.7. The van der Waals surface area contributed by atoms with Gasteiger partial charge in [0.2, 0.25) is 47.3 Å². The van der Waals surface area contributed by atoms with Crippen molar-refractivity contribution in [3.8, 4) is 0 Å². The van der Waals surface area contributed by atoms with Crippen LogP contribution in [0.4, 0.5) is 0 Å². The van der Waals surface area contributed by atoms with Gasteiger partial charge < -0.3 is 52.8 Å². The predicted octanol–water partition coefficient (Wildman–Crippen LogP) is 4.05. The molecule has 0 bridgehead atoms. The first-order chi connectivity index (χ1) is 33.6. The summed E-state index contributed by atoms with van der Waals surface area (Å²) in [5.74, 6) is -9.80. The second-order valence-corrected chi connectivity index (χ2v) is 21.8. The molecule has 10 N–H and O–H groups in total. The van der Waals surface area contributed by atoms with Gasteiger partial charge >= 0.3 is 11.9 Å². The number of ether oxygens (including phenoxy) is 1. The zero-order valence-corrected chi connectivity index (χ0v) is 45.4. The van der Waals surface area contributed by atoms with E-state index in [1.54, 1.807) is 41.5 Å². The average Bonchev–Trinajstić information content (AvgIpc) is 3.26. The van der Waals surface area contributed by atoms with Crippen molar-refractivity contribution >= 4 is 59.2 Å². The van der Waals surface area contributed by atoms with Gasteiger partial charge in [-0.2, -0.15) is 0 Å². The minimum atomic E-state index is -1.72. The van der Waals surface area contributed by atoms with Gasteiger partial charge in [0.05, 0.1) is 12.8 Å². The highest BCUT2D eigenvalue weighted by atomic mass is 16.5. The second kappa shape index (κ2) is 33.4. The van der Waals surface area contributed by atoms with Crippen molar-refractivity contribution in [2.24, 2.45) is 41.2 Å². The molecule has 1 aliphatic rings. The number of hydrogen-bond acceptors (Lipinski definition) is 11. The summed E-state index contributed by atoms with van der Waals surface area (Å²) < 4.78 is 6.07. The van der Waals surface area contributed by atoms with E-state index in [1.807, 2.05) is 27.7 Å². The molecule has 72 heavy (non-hydrogen) atoms. The summed E-state index contributed by atoms with van der Waals surface area (Å²) in [6.07, 6.45) is 4.64. The SMILES string of the molecule is CC[C@H](C)[C@@H]1NC(=O)[C@@H](CC(C)C)NC(=O)[C@H](CC(=O)O)NC(=O)[C@H](C(C)C)NC(=O)[C@@H](CC(C)C)NC(=O)[C@H](CC(C)C)NC(=O)[C@H](CCC(N)=O)NC(=O)CC(CCCCCCCCC(C)C)OC1=O. The number of nitrogens with one attached hydrogen (secondary N) is 7. The number of rotatable bonds is 23. The molecule has 20 nitrogen and oxygen atoms in total. The smallest absolute Gasteiger partial charge is 0.329 e. The van der Waals surface area contributed by atoms with Gasteiger partial charge in [0.1, 0.15) is 48.4 Å². The maximum Gasteiger partial charge on any atom is 0.329 e. The van der Waals surface area contributed by atoms with Crippen molar-refractivity contribution in [2.75, 3.05) is 0 Å². The quantitative estimate of drug-likeness (QED) is 0.0517. The van der Waals surface area contributed by atoms with E-state index in [0.29, 0.717) is 18.8 Å². The van der Waals surface area contributed by atoms with Gasteiger partial charge in [-0.05, 0) is 74.0 Å². The number of amides is 8. The summed E-state index contributed by atoms with van der Waals surface area (Å²) in [6.45, 7) is 22.0. The van der Waals surface area contributed by atoms with Crippen LogP contribution in [0.5, 0.6) is 0 Å². The third-order valence-corrected chi connectivity index (χ3v) is 12.6. The molecule has 0 saturated carbocycles. The number of unbranched alkanes of at least 4 members (excludes halogenated alkanes) is 5. The number of nitrogens with two attached hydrogens (primary N) is 1. The van der Waals surface area contributed by atoms with Crippen molar-refractivity contribution in [1.82, 2.24) is 37.2 Å². The number of carbonyl (C=O) groups is 10. The minimum Gasteiger partial charge on any atom is -0.481 e. The van der Waals surface area contributed by atoms with Crippen LogP contribution in [-0.4, -0.2) is 113 Å². The fourth-order valence-corrected chi connectivity index (χ4v) is 8.37. The molecule has 0 spiro atoms. The van der Waals surface area contributed by atoms with E-state index in [0.717, 1.165) is 38.5 Å². The third-order valence-electron chi connectivity index (χ3n) is 12.6. The number of esters is 1. The van der Waals surface area contributed by atoms with Gasteiger partial charge in [-0.1, -0.05) is 128 Å². The van der Waals surface area contributed by atoms with E-state index in [2.05, 4.69) is 51.1 Å². The zero-order valence-electron chi connectivity index (χ0n) is 45.4. The lowest BCUT2D eigenvalue weighted by Crippen LogP contribution is -2.61. The first-order valence-electron chi connectivity index (χ1n) is 26.5. The summed E-state index contributed by atoms with van der Waals surface area (Å²) in [7, 11) is 0. The zero-order chi connectivity index (χ0) is 54.8. The lowest BCUT2D eigenvalue weighted by atomic mass is 9.97. The standard InChI is InChI=1S/C52H92N8O12/c1-13-34(12)45-52(71)72-35(21-19-17-15-14-16-18-20-29(2)3)27-42(62)54-36(22-23-41(53)61)46(65)55-37(24-30(4)5)47(66)56-38(25-31(6)7)49(68)59-44(33(10)11)51(70)58-40(28-43(63)64)48(67)57-39(26-32(8)9)50(69)60-45/h29-40,44-45H,13-28H2,1-12H3,(H2,53,61)(H,54,62)(H,55,65)(H,56,66)(H,57,67)(H,58,70)(H,59,68)(H,60,69)(H,63,64)/t34-,35?,36-,37-,38+,39+,40-,44-,45-/m0/s1. The molecule has 1 heterocycles. The number of carboxylic acids is 1. The summed E-state index contributed by atoms with van der Waals surface area (Å²) in [4.78, 5) is 137. The van der Waals surface area contributed by atoms with Crippen LogP contribution in [-0.2, 0) is 52.7 Å². The van der Waals surface area contributed by atoms with E-state index in [4.69, 9.17) is 10.5 Å². The normalized spacial score (nSPS) is 24.6. The highest BCUT2D eigenvalue weighted by molar-refractivity contribution is 5.98. The Kier molecular flexibility index (Phi) is 30.0. The molecular weight excluding hydrogens is 929 g/mol. The number of carboxylic acid groups (broad SMARTS) is 1. The molecule has 1 fully saturated rings. The number of hydrogen-bond donors (Lipinski definition) is 9. The Morgan fingerprint density at radius 2 is 0.972 bits per heavy atom. The van der Waals surface area contributed by atoms with Crippen LogP contribution in [0.15, 0.2) is 0 Å². The summed E-state index contributed by atoms with van der Waals surface area (Å²) in [6, 6.07) is -9.49. The lowest BCUT2D eigenvalue weighted by molar-refractivity contribution is -0.156. The largest absolute Gasteiger partial charge is 0.481 e. The van der Waals surface area contributed by atoms with Gasteiger partial charge in [-0.25, -0.2) is 4.79 Å². The van der Waals surface area contributed by atoms with Gasteiger partial charge in [0.25, 0.3) is 0 Å². The molecule has 8 amide bonds. The number of primary amides is 1. The number of cyclic esters (lactones) is 1. The fourth-order valence-electron chi connectivity index (χ4n) is 8.37. The lowest BCUT2D eigenvalue weighted by Gasteiger charge is -2.30. The molecule has 0 aromatic rings. The Bertz CT molecular complexity index is 1790. The Morgan fingerprint density at radius 3 is 1.42 bits per heavy atom. The van der Waals surface area contributed by atoms with Crippen LogP contribution in [0.3, 0.4) is 0 Å². The predicted molar refractivity (Wildman–Crippen MR) is 273 cm³/mol. The second-order valence-electron chi connectivity index (χ2n) is 21.8. The molecular formula is C52H92N8O12. The van der Waals surface area contributed by atoms with E-state index in [1.165, 1.54) is 0 Å². The van der Waals surface area contributed by atoms with E-state index in [-0.39, 0.29) is 56.3 Å². The van der Waals surface area contributed by atoms with Crippen LogP contribution in [0.25, 0.3) is 0 Å². The summed E-state index contributed by atoms with van der Waals surface area (Å²) >= 11 is 0. The molecule has 1 unspecified atom stereocenters. The summed E-state index contributed by atoms with van der Waals surface area (Å²) in [5, 5.41) is 28.4. The molecule has 9 atom stereocenters. The molecule has 1 saturated heterocycles. The summed E-state index contributed by atoms with van der Waals surface area (Å²) in [5.41, 5.74) is 5.49. The Balaban J connectivity index is 3.99. The molecule has 0 aliphatic carbocycles. The maximum atomic E-state index is 14.3. The minimum absolute atomic E-state index is 0.0456. The first-order valence-corrected chi connectivity index (χ1v) is 26.5. The molecule has 0 aromatic heterocycles. The maximum absolute atomic E-state index is 14.3. The van der Waals surface area contributed by atoms with Crippen molar-refractivity contribution in [3.05, 3.63) is 0 Å². The highest BCUT2D eigenvalue weighted by Gasteiger charge is 2.38. The van der Waals surface area contributed by atoms with E-state index >= 15 is 0 Å². The fraction of sp³-hybridized carbons (Fsp3) is 0.808. The molecule has 20 heteroatoms. The highest BCUT2D eigenvalue weighted by Crippen LogP contribution is 2.20. The monoisotopic (exact) mass is 1020 g/mol. The van der Waals surface area contributed by atoms with Gasteiger partial charge in [0.15, 0.2) is 0 Å². The Morgan fingerprint density at radius 1 is 0.542 bits per heavy atom. The molecule has 1 rings (SSSR count). The Labute approximate surface area is 428 Å². The third kappa shape index (κ3) is 25.9. The number of aliphatic carboxylic acids is 1. The molecule has 0 aromatic carbocycles. The van der Waals surface area contributed by atoms with Crippen LogP contribution in [0.1, 0.15) is 186 Å². The van der Waals surface area contributed by atoms with E-state index < -0.39 is 132 Å². The van der Waals surface area contributed by atoms with Gasteiger partial charge in [-0.15, -0.1) is 0 Å². The average molecular weight is 1020 g/mol. The van der Waals surface area contributed by atoms with Crippen molar-refractivity contribution in [3.63, 3.8) is 0 Å². The molecule has 412 valence electrons. The van der Waals surface area contributed by atoms with Crippen molar-refractivity contribution < 1.29 is 57.8 Å². The Hall–Kier alpha value is -5.30. The topological polar surface area (TPSA) is 310 Å². The van der Waals surface area contributed by atoms with Crippen LogP contribution < -0.4 is 43.0 Å². The number of carbonyl (C=O) groups excluding carboxylic acids is 9. The van der Waals surface area contributed by atoms with Crippen LogP contribution in [0.2, 0.25) is 0 Å². The molecule has 0 radical (unpaired) electrons. The van der Waals surface area contributed by atoms with Gasteiger partial charge in [0, 0.05) is 6.42 Å². The van der Waals surface area contributed by atoms with Crippen LogP contribution in [0, 0.1) is 35.5 Å². The van der Waals surface area contributed by atoms with Crippen molar-refractivity contribution in [2.45, 2.75) is 234 Å². The molecule has 1 aliphatic heterocycles. The van der Waals surface area contributed by atoms with Crippen molar-refractivity contribution in [1.29, 1.82) is 0 Å².